The first kappa shape index (κ1) is 19.7. The van der Waals surface area contributed by atoms with Crippen molar-refractivity contribution >= 4 is 17.4 Å². The fourth-order valence-electron chi connectivity index (χ4n) is 3.28. The number of pyridine rings is 1. The van der Waals surface area contributed by atoms with E-state index in [-0.39, 0.29) is 23.4 Å². The molecule has 1 aromatic heterocycles. The minimum absolute atomic E-state index is 0.0490. The zero-order chi connectivity index (χ0) is 20.3. The second-order valence-electron chi connectivity index (χ2n) is 6.56. The van der Waals surface area contributed by atoms with Crippen molar-refractivity contribution in [1.82, 2.24) is 9.88 Å². The quantitative estimate of drug-likeness (QED) is 0.358. The number of halogens is 1. The molecule has 1 amide bonds. The van der Waals surface area contributed by atoms with Crippen molar-refractivity contribution in [3.8, 4) is 0 Å². The lowest BCUT2D eigenvalue weighted by molar-refractivity contribution is -0.140. The maximum Gasteiger partial charge on any atom is 0.295 e. The molecule has 0 bridgehead atoms. The minimum atomic E-state index is -0.816. The molecular weight excluding hydrogens is 363 g/mol. The van der Waals surface area contributed by atoms with Crippen molar-refractivity contribution in [2.24, 2.45) is 0 Å². The third-order valence-corrected chi connectivity index (χ3v) is 4.69. The smallest absolute Gasteiger partial charge is 0.295 e. The lowest BCUT2D eigenvalue weighted by Crippen LogP contribution is -2.31. The van der Waals surface area contributed by atoms with E-state index in [4.69, 9.17) is 4.74 Å². The Morgan fingerprint density at radius 1 is 1.29 bits per heavy atom. The molecule has 3 rings (SSSR count). The summed E-state index contributed by atoms with van der Waals surface area (Å²) in [6.45, 7) is 2.26. The number of hydrogen-bond donors (Lipinski definition) is 1. The number of aromatic nitrogens is 1. The second kappa shape index (κ2) is 8.31. The van der Waals surface area contributed by atoms with Crippen LogP contribution in [0.15, 0.2) is 48.2 Å². The van der Waals surface area contributed by atoms with Crippen molar-refractivity contribution in [1.29, 1.82) is 0 Å². The van der Waals surface area contributed by atoms with E-state index in [0.29, 0.717) is 24.3 Å². The van der Waals surface area contributed by atoms with E-state index in [1.165, 1.54) is 23.1 Å². The number of aryl methyl sites for hydroxylation is 1. The van der Waals surface area contributed by atoms with E-state index in [0.717, 1.165) is 0 Å². The molecule has 6 nitrogen and oxygen atoms in total. The number of likely N-dealkylation sites (tertiary alicyclic amines) is 1. The minimum Gasteiger partial charge on any atom is -0.507 e. The largest absolute Gasteiger partial charge is 0.507 e. The number of hydrogen-bond acceptors (Lipinski definition) is 5. The lowest BCUT2D eigenvalue weighted by atomic mass is 9.97. The number of carbonyl (C=O) groups is 2. The highest BCUT2D eigenvalue weighted by molar-refractivity contribution is 6.46. The summed E-state index contributed by atoms with van der Waals surface area (Å²) >= 11 is 0. The van der Waals surface area contributed by atoms with Gasteiger partial charge in [-0.2, -0.15) is 0 Å². The number of ether oxygens (including phenoxy) is 1. The molecule has 28 heavy (non-hydrogen) atoms. The van der Waals surface area contributed by atoms with Crippen LogP contribution in [0.4, 0.5) is 4.39 Å². The van der Waals surface area contributed by atoms with Gasteiger partial charge in [-0.1, -0.05) is 6.07 Å². The van der Waals surface area contributed by atoms with E-state index in [2.05, 4.69) is 4.98 Å². The Labute approximate surface area is 162 Å². The maximum absolute atomic E-state index is 13.6. The molecule has 1 fully saturated rings. The highest BCUT2D eigenvalue weighted by atomic mass is 19.1. The molecule has 7 heteroatoms. The van der Waals surface area contributed by atoms with Crippen LogP contribution in [0.5, 0.6) is 0 Å². The Hall–Kier alpha value is -3.06. The van der Waals surface area contributed by atoms with Crippen LogP contribution in [0.1, 0.15) is 29.3 Å². The molecule has 1 unspecified atom stereocenters. The Bertz CT molecular complexity index is 927. The first-order valence-corrected chi connectivity index (χ1v) is 8.90. The van der Waals surface area contributed by atoms with Crippen molar-refractivity contribution in [3.05, 3.63) is 70.8 Å². The molecule has 1 saturated heterocycles. The molecule has 1 atom stereocenters. The van der Waals surface area contributed by atoms with E-state index in [1.54, 1.807) is 38.4 Å². The van der Waals surface area contributed by atoms with Crippen LogP contribution in [0.25, 0.3) is 5.76 Å². The second-order valence-corrected chi connectivity index (χ2v) is 6.56. The number of carbonyl (C=O) groups excluding carboxylic acids is 2. The van der Waals surface area contributed by atoms with Gasteiger partial charge in [-0.25, -0.2) is 4.39 Å². The van der Waals surface area contributed by atoms with Gasteiger partial charge in [0, 0.05) is 32.0 Å². The summed E-state index contributed by atoms with van der Waals surface area (Å²) in [5, 5.41) is 10.8. The topological polar surface area (TPSA) is 79.7 Å². The molecule has 0 spiro atoms. The number of amides is 1. The van der Waals surface area contributed by atoms with E-state index >= 15 is 0 Å². The number of Topliss-reactive ketones (excluding diaryl/α,β-unsaturated/α-hetero) is 1. The SMILES string of the molecule is COCCCN1C(=O)C(=O)/C(=C(\O)c2ccc(F)c(C)c2)C1c1ccccn1. The molecule has 146 valence electrons. The number of aliphatic hydroxyl groups is 1. The fourth-order valence-corrected chi connectivity index (χ4v) is 3.28. The van der Waals surface area contributed by atoms with E-state index in [9.17, 15) is 19.1 Å². The summed E-state index contributed by atoms with van der Waals surface area (Å²) in [5.41, 5.74) is 1.02. The molecule has 1 aliphatic heterocycles. The van der Waals surface area contributed by atoms with Gasteiger partial charge in [0.2, 0.25) is 0 Å². The molecular formula is C21H21FN2O4. The Balaban J connectivity index is 2.12. The summed E-state index contributed by atoms with van der Waals surface area (Å²) in [6, 6.07) is 8.40. The zero-order valence-corrected chi connectivity index (χ0v) is 15.7. The number of methoxy groups -OCH3 is 1. The van der Waals surface area contributed by atoms with Crippen molar-refractivity contribution in [2.45, 2.75) is 19.4 Å². The molecule has 2 aromatic rings. The molecule has 2 heterocycles. The summed E-state index contributed by atoms with van der Waals surface area (Å²) in [7, 11) is 1.56. The third kappa shape index (κ3) is 3.66. The molecule has 0 radical (unpaired) electrons. The van der Waals surface area contributed by atoms with Crippen LogP contribution in [0.3, 0.4) is 0 Å². The first-order chi connectivity index (χ1) is 13.5. The van der Waals surface area contributed by atoms with Gasteiger partial charge >= 0.3 is 0 Å². The average molecular weight is 384 g/mol. The Morgan fingerprint density at radius 3 is 2.71 bits per heavy atom. The van der Waals surface area contributed by atoms with Crippen LogP contribution in [-0.2, 0) is 14.3 Å². The van der Waals surface area contributed by atoms with Gasteiger partial charge in [-0.15, -0.1) is 0 Å². The highest BCUT2D eigenvalue weighted by Gasteiger charge is 2.46. The number of benzene rings is 1. The maximum atomic E-state index is 13.6. The lowest BCUT2D eigenvalue weighted by Gasteiger charge is -2.24. The molecule has 1 N–H and O–H groups in total. The van der Waals surface area contributed by atoms with Crippen molar-refractivity contribution in [2.75, 3.05) is 20.3 Å². The van der Waals surface area contributed by atoms with Crippen molar-refractivity contribution < 1.29 is 23.8 Å². The summed E-state index contributed by atoms with van der Waals surface area (Å²) < 4.78 is 18.6. The molecule has 1 aromatic carbocycles. The molecule has 1 aliphatic rings. The van der Waals surface area contributed by atoms with Gasteiger partial charge in [0.15, 0.2) is 0 Å². The number of nitrogens with zero attached hydrogens (tertiary/aromatic N) is 2. The first-order valence-electron chi connectivity index (χ1n) is 8.90. The van der Waals surface area contributed by atoms with Crippen LogP contribution in [0, 0.1) is 12.7 Å². The predicted molar refractivity (Wildman–Crippen MR) is 101 cm³/mol. The van der Waals surface area contributed by atoms with Crippen LogP contribution >= 0.6 is 0 Å². The highest BCUT2D eigenvalue weighted by Crippen LogP contribution is 2.38. The summed E-state index contributed by atoms with van der Waals surface area (Å²) in [5.74, 6) is -2.25. The van der Waals surface area contributed by atoms with Gasteiger partial charge in [-0.3, -0.25) is 14.6 Å². The Morgan fingerprint density at radius 2 is 2.07 bits per heavy atom. The van der Waals surface area contributed by atoms with Crippen LogP contribution in [0.2, 0.25) is 0 Å². The number of ketones is 1. The van der Waals surface area contributed by atoms with Gasteiger partial charge in [0.05, 0.1) is 11.3 Å². The summed E-state index contributed by atoms with van der Waals surface area (Å²) in [6.07, 6.45) is 2.09. The molecule has 0 saturated carbocycles. The molecule has 0 aliphatic carbocycles. The average Bonchev–Trinajstić information content (AvgIpc) is 2.95. The monoisotopic (exact) mass is 384 g/mol. The van der Waals surface area contributed by atoms with Gasteiger partial charge < -0.3 is 14.7 Å². The summed E-state index contributed by atoms with van der Waals surface area (Å²) in [4.78, 5) is 31.1. The number of aliphatic hydroxyl groups excluding tert-OH is 1. The van der Waals surface area contributed by atoms with E-state index < -0.39 is 23.5 Å². The predicted octanol–water partition coefficient (Wildman–Crippen LogP) is 2.99. The van der Waals surface area contributed by atoms with Gasteiger partial charge in [-0.05, 0) is 49.2 Å². The normalized spacial score (nSPS) is 18.7. The van der Waals surface area contributed by atoms with Gasteiger partial charge in [0.25, 0.3) is 11.7 Å². The van der Waals surface area contributed by atoms with Gasteiger partial charge in [0.1, 0.15) is 17.6 Å². The van der Waals surface area contributed by atoms with E-state index in [1.807, 2.05) is 0 Å². The zero-order valence-electron chi connectivity index (χ0n) is 15.7. The standard InChI is InChI=1S/C21H21FN2O4/c1-13-12-14(7-8-15(13)22)19(25)17-18(16-6-3-4-9-23-16)24(10-5-11-28-2)21(27)20(17)26/h3-4,6-9,12,18,25H,5,10-11H2,1-2H3/b19-17-. The van der Waals surface area contributed by atoms with Crippen LogP contribution in [-0.4, -0.2) is 46.9 Å². The van der Waals surface area contributed by atoms with Crippen LogP contribution < -0.4 is 0 Å². The Kier molecular flexibility index (Phi) is 5.84. The number of rotatable bonds is 6. The fraction of sp³-hybridized carbons (Fsp3) is 0.286. The third-order valence-electron chi connectivity index (χ3n) is 4.69. The van der Waals surface area contributed by atoms with Crippen molar-refractivity contribution in [3.63, 3.8) is 0 Å².